The summed E-state index contributed by atoms with van der Waals surface area (Å²) in [7, 11) is 7.82. The smallest absolute Gasteiger partial charge is 0.402 e. The van der Waals surface area contributed by atoms with E-state index in [1.54, 1.807) is 6.08 Å². The van der Waals surface area contributed by atoms with Crippen LogP contribution in [0.25, 0.3) is 6.08 Å². The summed E-state index contributed by atoms with van der Waals surface area (Å²) in [5.74, 6) is 1.02. The molecule has 2 atom stereocenters. The first-order valence-electron chi connectivity index (χ1n) is 14.9. The van der Waals surface area contributed by atoms with Gasteiger partial charge in [0.1, 0.15) is 28.9 Å². The largest absolute Gasteiger partial charge is 0.497 e. The highest BCUT2D eigenvalue weighted by Gasteiger charge is 2.40. The molecule has 2 fully saturated rings. The third-order valence-corrected chi connectivity index (χ3v) is 8.11. The van der Waals surface area contributed by atoms with E-state index in [1.807, 2.05) is 6.07 Å². The minimum atomic E-state index is -4.56. The van der Waals surface area contributed by atoms with Crippen LogP contribution in [-0.4, -0.2) is 88.2 Å². The Morgan fingerprint density at radius 3 is 2.33 bits per heavy atom. The molecule has 43 heavy (non-hydrogen) atoms. The number of likely N-dealkylation sites (tertiary alicyclic amines) is 1. The van der Waals surface area contributed by atoms with Crippen LogP contribution >= 0.6 is 11.6 Å². The van der Waals surface area contributed by atoms with Crippen molar-refractivity contribution in [3.63, 3.8) is 0 Å². The highest BCUT2D eigenvalue weighted by atomic mass is 35.5. The van der Waals surface area contributed by atoms with E-state index in [2.05, 4.69) is 60.4 Å². The molecule has 0 radical (unpaired) electrons. The Morgan fingerprint density at radius 2 is 1.86 bits per heavy atom. The molecule has 2 aliphatic rings. The second-order valence-corrected chi connectivity index (χ2v) is 12.1. The van der Waals surface area contributed by atoms with E-state index in [4.69, 9.17) is 16.3 Å². The first-order valence-corrected chi connectivity index (χ1v) is 15.3. The molecule has 0 bridgehead atoms. The van der Waals surface area contributed by atoms with Gasteiger partial charge in [-0.25, -0.2) is 4.98 Å². The van der Waals surface area contributed by atoms with Crippen LogP contribution in [-0.2, 0) is 4.79 Å². The molecule has 2 saturated heterocycles. The van der Waals surface area contributed by atoms with Crippen LogP contribution in [0.4, 0.5) is 19.0 Å². The van der Waals surface area contributed by atoms with Gasteiger partial charge in [-0.15, -0.1) is 0 Å². The normalized spacial score (nSPS) is 18.3. The Labute approximate surface area is 260 Å². The SMILES string of the molecule is C=Cc1ccc(N2CCC(CCCN(C)C)CC2)nc1Cl.CC1CCN(C)C1.COc1cccc(C(C=O)C(F)(F)F)c1. The second-order valence-electron chi connectivity index (χ2n) is 11.7. The quantitative estimate of drug-likeness (QED) is 0.214. The van der Waals surface area contributed by atoms with Gasteiger partial charge in [-0.05, 0) is 108 Å². The van der Waals surface area contributed by atoms with Crippen molar-refractivity contribution in [2.75, 3.05) is 65.9 Å². The van der Waals surface area contributed by atoms with Crippen molar-refractivity contribution in [1.29, 1.82) is 0 Å². The van der Waals surface area contributed by atoms with Gasteiger partial charge in [0.25, 0.3) is 0 Å². The fraction of sp³-hybridized carbons (Fsp3) is 0.576. The fourth-order valence-electron chi connectivity index (χ4n) is 5.25. The Morgan fingerprint density at radius 1 is 1.16 bits per heavy atom. The van der Waals surface area contributed by atoms with Crippen LogP contribution in [0.15, 0.2) is 43.0 Å². The number of alkyl halides is 3. The Kier molecular flexibility index (Phi) is 15.5. The summed E-state index contributed by atoms with van der Waals surface area (Å²) in [4.78, 5) is 21.9. The van der Waals surface area contributed by atoms with Gasteiger partial charge in [0.2, 0.25) is 0 Å². The predicted octanol–water partition coefficient (Wildman–Crippen LogP) is 7.43. The van der Waals surface area contributed by atoms with E-state index in [-0.39, 0.29) is 11.8 Å². The summed E-state index contributed by atoms with van der Waals surface area (Å²) < 4.78 is 41.9. The molecule has 0 saturated carbocycles. The van der Waals surface area contributed by atoms with Crippen molar-refractivity contribution in [1.82, 2.24) is 14.8 Å². The zero-order valence-electron chi connectivity index (χ0n) is 26.2. The second kappa shape index (κ2) is 18.2. The topological polar surface area (TPSA) is 48.9 Å². The standard InChI is InChI=1S/C17H26ClN3.C10H9F3O2.C6H13N/c1-4-15-7-8-16(19-17(15)18)21-12-9-14(10-13-21)6-5-11-20(2)3;1-15-8-4-2-3-7(5-8)9(6-14)10(11,12)13;1-6-3-4-7(2)5-6/h4,7-8,14H,1,5-6,9-13H2,2-3H3;2-6,9H,1H3;6H,3-5H2,1-2H3. The van der Waals surface area contributed by atoms with Gasteiger partial charge >= 0.3 is 6.18 Å². The van der Waals surface area contributed by atoms with Gasteiger partial charge in [0.05, 0.1) is 7.11 Å². The molecule has 1 aromatic heterocycles. The van der Waals surface area contributed by atoms with Crippen molar-refractivity contribution >= 4 is 29.8 Å². The zero-order valence-corrected chi connectivity index (χ0v) is 27.0. The number of rotatable bonds is 9. The van der Waals surface area contributed by atoms with Crippen molar-refractivity contribution in [2.24, 2.45) is 11.8 Å². The van der Waals surface area contributed by atoms with Crippen LogP contribution in [0.2, 0.25) is 5.15 Å². The summed E-state index contributed by atoms with van der Waals surface area (Å²) in [5.41, 5.74) is 0.788. The summed E-state index contributed by atoms with van der Waals surface area (Å²) in [5, 5.41) is 0.551. The van der Waals surface area contributed by atoms with Crippen LogP contribution in [0.1, 0.15) is 56.1 Å². The number of anilines is 1. The molecular formula is C33H48ClF3N4O2. The number of halogens is 4. The lowest BCUT2D eigenvalue weighted by molar-refractivity contribution is -0.155. The summed E-state index contributed by atoms with van der Waals surface area (Å²) in [6, 6.07) is 9.43. The van der Waals surface area contributed by atoms with E-state index in [0.717, 1.165) is 36.3 Å². The number of carbonyl (C=O) groups is 1. The van der Waals surface area contributed by atoms with Crippen molar-refractivity contribution in [2.45, 2.75) is 51.1 Å². The first kappa shape index (κ1) is 36.6. The number of aldehydes is 1. The molecule has 0 N–H and O–H groups in total. The Bertz CT molecular complexity index is 1120. The van der Waals surface area contributed by atoms with Crippen molar-refractivity contribution < 1.29 is 22.7 Å². The maximum absolute atomic E-state index is 12.4. The number of nitrogens with zero attached hydrogens (tertiary/aromatic N) is 4. The highest BCUT2D eigenvalue weighted by molar-refractivity contribution is 6.31. The molecule has 2 aliphatic heterocycles. The molecule has 0 aliphatic carbocycles. The van der Waals surface area contributed by atoms with Crippen molar-refractivity contribution in [3.05, 3.63) is 59.3 Å². The van der Waals surface area contributed by atoms with Gasteiger partial charge in [0, 0.05) is 25.2 Å². The molecule has 240 valence electrons. The van der Waals surface area contributed by atoms with Crippen molar-refractivity contribution in [3.8, 4) is 5.75 Å². The molecule has 1 aromatic carbocycles. The minimum Gasteiger partial charge on any atom is -0.497 e. The molecule has 10 heteroatoms. The van der Waals surface area contributed by atoms with Gasteiger partial charge in [-0.3, -0.25) is 0 Å². The Balaban J connectivity index is 0.000000254. The Hall–Kier alpha value is -2.62. The third-order valence-electron chi connectivity index (χ3n) is 7.81. The molecule has 3 heterocycles. The van der Waals surface area contributed by atoms with E-state index in [1.165, 1.54) is 83.1 Å². The van der Waals surface area contributed by atoms with Crippen LogP contribution < -0.4 is 9.64 Å². The number of methoxy groups -OCH3 is 1. The van der Waals surface area contributed by atoms with E-state index in [9.17, 15) is 18.0 Å². The summed E-state index contributed by atoms with van der Waals surface area (Å²) in [6.07, 6.45) is 3.63. The van der Waals surface area contributed by atoms with Gasteiger partial charge < -0.3 is 24.2 Å². The molecular weight excluding hydrogens is 577 g/mol. The van der Waals surface area contributed by atoms with Gasteiger partial charge in [-0.1, -0.05) is 43.3 Å². The molecule has 0 amide bonds. The number of pyridine rings is 1. The predicted molar refractivity (Wildman–Crippen MR) is 171 cm³/mol. The number of hydrogen-bond donors (Lipinski definition) is 0. The summed E-state index contributed by atoms with van der Waals surface area (Å²) in [6.45, 7) is 12.0. The van der Waals surface area contributed by atoms with Gasteiger partial charge in [0.15, 0.2) is 0 Å². The molecule has 4 rings (SSSR count). The molecule has 2 aromatic rings. The number of aromatic nitrogens is 1. The number of hydrogen-bond acceptors (Lipinski definition) is 6. The molecule has 2 unspecified atom stereocenters. The average molecular weight is 625 g/mol. The zero-order chi connectivity index (χ0) is 32.0. The third kappa shape index (κ3) is 12.9. The maximum atomic E-state index is 12.4. The molecule has 6 nitrogen and oxygen atoms in total. The number of piperidine rings is 1. The number of benzene rings is 1. The lowest BCUT2D eigenvalue weighted by atomic mass is 9.92. The first-order chi connectivity index (χ1) is 20.4. The van der Waals surface area contributed by atoms with Crippen LogP contribution in [0, 0.1) is 11.8 Å². The van der Waals surface area contributed by atoms with E-state index < -0.39 is 12.1 Å². The average Bonchev–Trinajstić information content (AvgIpc) is 3.35. The minimum absolute atomic E-state index is 0.114. The molecule has 0 spiro atoms. The number of ether oxygens (including phenoxy) is 1. The summed E-state index contributed by atoms with van der Waals surface area (Å²) >= 11 is 6.16. The van der Waals surface area contributed by atoms with E-state index >= 15 is 0 Å². The fourth-order valence-corrected chi connectivity index (χ4v) is 5.47. The van der Waals surface area contributed by atoms with Crippen LogP contribution in [0.5, 0.6) is 5.75 Å². The lowest BCUT2D eigenvalue weighted by Crippen LogP contribution is -2.34. The lowest BCUT2D eigenvalue weighted by Gasteiger charge is -2.33. The van der Waals surface area contributed by atoms with E-state index in [0.29, 0.717) is 10.9 Å². The monoisotopic (exact) mass is 624 g/mol. The number of carbonyl (C=O) groups excluding carboxylic acids is 1. The van der Waals surface area contributed by atoms with Crippen LogP contribution in [0.3, 0.4) is 0 Å². The highest BCUT2D eigenvalue weighted by Crippen LogP contribution is 2.34. The maximum Gasteiger partial charge on any atom is 0.402 e. The van der Waals surface area contributed by atoms with Gasteiger partial charge in [-0.2, -0.15) is 13.2 Å².